The maximum absolute atomic E-state index is 5.18. The summed E-state index contributed by atoms with van der Waals surface area (Å²) in [7, 11) is 10.7. The molecule has 9 nitrogen and oxygen atoms in total. The van der Waals surface area contributed by atoms with Crippen LogP contribution in [-0.2, 0) is 61.8 Å². The second-order valence-electron chi connectivity index (χ2n) is 5.81. The van der Waals surface area contributed by atoms with Crippen LogP contribution in [0.5, 0.6) is 0 Å². The molecule has 0 heterocycles. The van der Waals surface area contributed by atoms with Crippen LogP contribution in [0.25, 0.3) is 0 Å². The van der Waals surface area contributed by atoms with Gasteiger partial charge in [0.05, 0.1) is 0 Å². The van der Waals surface area contributed by atoms with Gasteiger partial charge in [-0.15, -0.1) is 0 Å². The molecule has 0 saturated carbocycles. The van der Waals surface area contributed by atoms with Gasteiger partial charge in [0.1, 0.15) is 0 Å². The van der Waals surface area contributed by atoms with Crippen molar-refractivity contribution in [3.05, 3.63) is 43.4 Å². The molecular weight excluding hydrogens is 573 g/mol. The van der Waals surface area contributed by atoms with Gasteiger partial charge in [0, 0.05) is 91.5 Å². The van der Waals surface area contributed by atoms with Crippen LogP contribution in [0.4, 0.5) is 0 Å². The molecule has 1 radical (unpaired) electrons. The van der Waals surface area contributed by atoms with Gasteiger partial charge in [-0.05, 0) is 0 Å². The van der Waals surface area contributed by atoms with E-state index in [1.807, 2.05) is 30.7 Å². The van der Waals surface area contributed by atoms with E-state index in [1.165, 1.54) is 0 Å². The van der Waals surface area contributed by atoms with Crippen molar-refractivity contribution in [3.8, 4) is 0 Å². The second kappa shape index (κ2) is 35.0. The van der Waals surface area contributed by atoms with E-state index in [-0.39, 0.29) is 26.5 Å². The number of rotatable bonds is 9. The van der Waals surface area contributed by atoms with Crippen molar-refractivity contribution in [3.63, 3.8) is 0 Å². The van der Waals surface area contributed by atoms with E-state index < -0.39 is 25.8 Å². The van der Waals surface area contributed by atoms with Gasteiger partial charge in [0.25, 0.3) is 0 Å². The van der Waals surface area contributed by atoms with Crippen LogP contribution in [0.1, 0.15) is 20.8 Å². The third-order valence-electron chi connectivity index (χ3n) is 2.40. The van der Waals surface area contributed by atoms with Crippen LogP contribution >= 0.6 is 25.8 Å². The van der Waals surface area contributed by atoms with Gasteiger partial charge in [0.15, 0.2) is 0 Å². The monoisotopic (exact) mass is 618 g/mol. The van der Waals surface area contributed by atoms with Gasteiger partial charge in [-0.3, -0.25) is 6.08 Å². The van der Waals surface area contributed by atoms with Crippen LogP contribution < -0.4 is 0 Å². The van der Waals surface area contributed by atoms with E-state index in [1.54, 1.807) is 70.1 Å². The van der Waals surface area contributed by atoms with E-state index in [9.17, 15) is 0 Å². The van der Waals surface area contributed by atoms with Crippen molar-refractivity contribution in [1.82, 2.24) is 0 Å². The van der Waals surface area contributed by atoms with E-state index in [4.69, 9.17) is 6.58 Å². The fourth-order valence-electron chi connectivity index (χ4n) is 0.992. The predicted octanol–water partition coefficient (Wildman–Crippen LogP) is 6.79. The minimum absolute atomic E-state index is 0. The molecule has 0 unspecified atom stereocenters. The first-order valence-electron chi connectivity index (χ1n) is 9.11. The Balaban J connectivity index is -0.0000000986. The van der Waals surface area contributed by atoms with Crippen LogP contribution in [0.3, 0.4) is 0 Å². The SMILES string of the molecule is COP(OC)OC.COP(OC)OC.COP(OC)OC.[CH-]=CC(C)(C)C.[CH]1C=CC=C1.[Mo]. The standard InChI is InChI=1S/C6H11.C5H5.3C3H9O3P.Mo/c1-5-6(2,3)4;1-2-4-5-3-1;3*1-4-7(5-2)6-3;/h1,5H,2-4H3;1-5H;3*1-3H3;/q-1;;;;;. The van der Waals surface area contributed by atoms with E-state index in [2.05, 4.69) is 61.5 Å². The van der Waals surface area contributed by atoms with Crippen molar-refractivity contribution in [1.29, 1.82) is 0 Å². The Kier molecular flexibility index (Phi) is 46.5. The summed E-state index contributed by atoms with van der Waals surface area (Å²) in [5.74, 6) is 0. The van der Waals surface area contributed by atoms with Gasteiger partial charge in [0.2, 0.25) is 0 Å². The van der Waals surface area contributed by atoms with Crippen LogP contribution in [-0.4, -0.2) is 64.0 Å². The molecule has 0 aromatic rings. The Bertz CT molecular complexity index is 359. The van der Waals surface area contributed by atoms with Crippen molar-refractivity contribution >= 4 is 25.8 Å². The molecule has 0 fully saturated rings. The van der Waals surface area contributed by atoms with Gasteiger partial charge in [-0.1, -0.05) is 50.5 Å². The molecule has 0 aromatic carbocycles. The second-order valence-corrected chi connectivity index (χ2v) is 10.4. The largest absolute Gasteiger partial charge is 0.517 e. The van der Waals surface area contributed by atoms with E-state index >= 15 is 0 Å². The fourth-order valence-corrected chi connectivity index (χ4v) is 2.33. The summed E-state index contributed by atoms with van der Waals surface area (Å²) in [6.45, 7) is 11.4. The summed E-state index contributed by atoms with van der Waals surface area (Å²) in [4.78, 5) is 0. The molecule has 0 spiro atoms. The maximum atomic E-state index is 5.18. The smallest absolute Gasteiger partial charge is 0.331 e. The zero-order chi connectivity index (χ0) is 25.8. The molecule has 1 aliphatic rings. The van der Waals surface area contributed by atoms with Crippen LogP contribution in [0.15, 0.2) is 30.4 Å². The molecule has 0 N–H and O–H groups in total. The van der Waals surface area contributed by atoms with Crippen molar-refractivity contribution in [2.24, 2.45) is 5.41 Å². The number of allylic oxidation sites excluding steroid dienone is 5. The van der Waals surface area contributed by atoms with Gasteiger partial charge in [-0.25, -0.2) is 0 Å². The average molecular weight is 616 g/mol. The summed E-state index contributed by atoms with van der Waals surface area (Å²) in [5.41, 5.74) is 0.194. The third-order valence-corrected chi connectivity index (χ3v) is 5.08. The van der Waals surface area contributed by atoms with Gasteiger partial charge >= 0.3 is 25.8 Å². The molecule has 199 valence electrons. The summed E-state index contributed by atoms with van der Waals surface area (Å²) in [6.07, 6.45) is 11.7. The Morgan fingerprint density at radius 1 is 0.515 bits per heavy atom. The molecule has 0 aromatic heterocycles. The molecule has 33 heavy (non-hydrogen) atoms. The minimum Gasteiger partial charge on any atom is -0.517 e. The molecular formula is C20H43MoO9P3-. The first kappa shape index (κ1) is 43.9. The molecule has 0 saturated heterocycles. The third kappa shape index (κ3) is 43.4. The Labute approximate surface area is 220 Å². The minimum atomic E-state index is -1.05. The van der Waals surface area contributed by atoms with Crippen LogP contribution in [0, 0.1) is 18.4 Å². The molecule has 0 aliphatic heterocycles. The molecule has 0 amide bonds. The normalized spacial score (nSPS) is 11.2. The molecule has 0 bridgehead atoms. The summed E-state index contributed by atoms with van der Waals surface area (Å²) in [5, 5.41) is 0. The summed E-state index contributed by atoms with van der Waals surface area (Å²) in [6, 6.07) is 0. The van der Waals surface area contributed by atoms with Crippen molar-refractivity contribution in [2.45, 2.75) is 20.8 Å². The van der Waals surface area contributed by atoms with Crippen LogP contribution in [0.2, 0.25) is 0 Å². The summed E-state index contributed by atoms with van der Waals surface area (Å²) >= 11 is 0. The topological polar surface area (TPSA) is 83.1 Å². The fraction of sp³-hybridized carbons (Fsp3) is 0.650. The number of hydrogen-bond donors (Lipinski definition) is 0. The Morgan fingerprint density at radius 2 is 0.697 bits per heavy atom. The zero-order valence-electron chi connectivity index (χ0n) is 22.0. The number of hydrogen-bond acceptors (Lipinski definition) is 9. The van der Waals surface area contributed by atoms with Gasteiger partial charge < -0.3 is 47.3 Å². The van der Waals surface area contributed by atoms with E-state index in [0.29, 0.717) is 0 Å². The van der Waals surface area contributed by atoms with E-state index in [0.717, 1.165) is 0 Å². The zero-order valence-corrected chi connectivity index (χ0v) is 26.7. The van der Waals surface area contributed by atoms with Crippen molar-refractivity contribution < 1.29 is 61.8 Å². The average Bonchev–Trinajstić information content (AvgIpc) is 3.39. The maximum Gasteiger partial charge on any atom is 0.331 e. The molecule has 13 heteroatoms. The quantitative estimate of drug-likeness (QED) is 0.158. The predicted molar refractivity (Wildman–Crippen MR) is 135 cm³/mol. The molecule has 1 aliphatic carbocycles. The first-order valence-corrected chi connectivity index (χ1v) is 12.4. The summed E-state index contributed by atoms with van der Waals surface area (Å²) < 4.78 is 42.0. The van der Waals surface area contributed by atoms with Gasteiger partial charge in [-0.2, -0.15) is 0 Å². The first-order chi connectivity index (χ1) is 15.1. The molecule has 1 rings (SSSR count). The Morgan fingerprint density at radius 3 is 0.727 bits per heavy atom. The molecule has 0 atom stereocenters. The van der Waals surface area contributed by atoms with Crippen molar-refractivity contribution in [2.75, 3.05) is 64.0 Å². The Hall–Kier alpha value is 0.838.